The van der Waals surface area contributed by atoms with Crippen molar-refractivity contribution in [3.05, 3.63) is 23.0 Å². The van der Waals surface area contributed by atoms with Crippen LogP contribution >= 0.6 is 0 Å². The Morgan fingerprint density at radius 3 is 2.89 bits per heavy atom. The van der Waals surface area contributed by atoms with E-state index in [-0.39, 0.29) is 5.41 Å². The highest BCUT2D eigenvalue weighted by atomic mass is 16.5. The predicted molar refractivity (Wildman–Crippen MR) is 74.6 cm³/mol. The van der Waals surface area contributed by atoms with Gasteiger partial charge in [0.1, 0.15) is 0 Å². The van der Waals surface area contributed by atoms with Crippen LogP contribution in [0.1, 0.15) is 54.9 Å². The maximum atomic E-state index is 12.3. The van der Waals surface area contributed by atoms with Crippen molar-refractivity contribution in [2.24, 2.45) is 5.41 Å². The SMILES string of the molecule is Cc1cc2c(n1CC1CCCO1)CC(C)(C)CC2=O. The smallest absolute Gasteiger partial charge is 0.165 e. The second-order valence-electron chi connectivity index (χ2n) is 6.83. The van der Waals surface area contributed by atoms with E-state index in [9.17, 15) is 4.79 Å². The Hall–Kier alpha value is -1.09. The van der Waals surface area contributed by atoms with Gasteiger partial charge >= 0.3 is 0 Å². The topological polar surface area (TPSA) is 31.2 Å². The van der Waals surface area contributed by atoms with Crippen molar-refractivity contribution in [1.29, 1.82) is 0 Å². The minimum Gasteiger partial charge on any atom is -0.376 e. The molecule has 1 unspecified atom stereocenters. The molecule has 1 aliphatic heterocycles. The number of carbonyl (C=O) groups is 1. The standard InChI is InChI=1S/C16H23NO2/c1-11-7-13-14(8-16(2,3)9-15(13)18)17(11)10-12-5-4-6-19-12/h7,12H,4-6,8-10H2,1-3H3. The van der Waals surface area contributed by atoms with Crippen LogP contribution in [0.15, 0.2) is 6.07 Å². The molecule has 3 rings (SSSR count). The predicted octanol–water partition coefficient (Wildman–Crippen LogP) is 3.13. The summed E-state index contributed by atoms with van der Waals surface area (Å²) in [4.78, 5) is 12.3. The first-order valence-corrected chi connectivity index (χ1v) is 7.30. The molecule has 0 amide bonds. The molecule has 1 atom stereocenters. The first kappa shape index (κ1) is 12.9. The van der Waals surface area contributed by atoms with Crippen molar-refractivity contribution >= 4 is 5.78 Å². The number of hydrogen-bond acceptors (Lipinski definition) is 2. The largest absolute Gasteiger partial charge is 0.376 e. The van der Waals surface area contributed by atoms with Gasteiger partial charge in [0.05, 0.1) is 6.10 Å². The Labute approximate surface area is 114 Å². The molecule has 1 aliphatic carbocycles. The molecule has 3 nitrogen and oxygen atoms in total. The minimum atomic E-state index is 0.0865. The molecule has 0 saturated carbocycles. The van der Waals surface area contributed by atoms with E-state index in [1.165, 1.54) is 11.4 Å². The first-order chi connectivity index (χ1) is 8.96. The highest BCUT2D eigenvalue weighted by Gasteiger charge is 2.34. The highest BCUT2D eigenvalue weighted by Crippen LogP contribution is 2.36. The second-order valence-corrected chi connectivity index (χ2v) is 6.83. The Morgan fingerprint density at radius 1 is 1.42 bits per heavy atom. The van der Waals surface area contributed by atoms with Gasteiger partial charge in [0.15, 0.2) is 5.78 Å². The van der Waals surface area contributed by atoms with E-state index in [0.717, 1.165) is 38.0 Å². The third-order valence-electron chi connectivity index (χ3n) is 4.41. The fourth-order valence-electron chi connectivity index (χ4n) is 3.45. The molecular weight excluding hydrogens is 238 g/mol. The normalized spacial score (nSPS) is 25.6. The average Bonchev–Trinajstić information content (AvgIpc) is 2.90. The number of rotatable bonds is 2. The highest BCUT2D eigenvalue weighted by molar-refractivity contribution is 5.99. The van der Waals surface area contributed by atoms with E-state index in [0.29, 0.717) is 18.3 Å². The number of aryl methyl sites for hydroxylation is 1. The number of nitrogens with zero attached hydrogens (tertiary/aromatic N) is 1. The van der Waals surface area contributed by atoms with Crippen LogP contribution in [0.4, 0.5) is 0 Å². The summed E-state index contributed by atoms with van der Waals surface area (Å²) in [5, 5.41) is 0. The molecule has 0 bridgehead atoms. The lowest BCUT2D eigenvalue weighted by Gasteiger charge is -2.30. The molecule has 3 heteroatoms. The zero-order chi connectivity index (χ0) is 13.6. The number of carbonyl (C=O) groups excluding carboxylic acids is 1. The molecule has 104 valence electrons. The molecule has 2 aliphatic rings. The van der Waals surface area contributed by atoms with Gasteiger partial charge in [0.25, 0.3) is 0 Å². The van der Waals surface area contributed by atoms with Gasteiger partial charge in [-0.15, -0.1) is 0 Å². The molecule has 0 spiro atoms. The minimum absolute atomic E-state index is 0.0865. The van der Waals surface area contributed by atoms with Crippen molar-refractivity contribution in [3.63, 3.8) is 0 Å². The van der Waals surface area contributed by atoms with Crippen LogP contribution in [0.5, 0.6) is 0 Å². The lowest BCUT2D eigenvalue weighted by Crippen LogP contribution is -2.29. The summed E-state index contributed by atoms with van der Waals surface area (Å²) in [6, 6.07) is 2.07. The number of fused-ring (bicyclic) bond motifs is 1. The van der Waals surface area contributed by atoms with E-state index in [1.54, 1.807) is 0 Å². The van der Waals surface area contributed by atoms with Gasteiger partial charge in [-0.25, -0.2) is 0 Å². The first-order valence-electron chi connectivity index (χ1n) is 7.30. The maximum absolute atomic E-state index is 12.3. The van der Waals surface area contributed by atoms with Crippen LogP contribution in [0.25, 0.3) is 0 Å². The Balaban J connectivity index is 1.94. The average molecular weight is 261 g/mol. The summed E-state index contributed by atoms with van der Waals surface area (Å²) >= 11 is 0. The molecule has 2 heterocycles. The summed E-state index contributed by atoms with van der Waals surface area (Å²) in [5.41, 5.74) is 3.47. The summed E-state index contributed by atoms with van der Waals surface area (Å²) < 4.78 is 8.07. The summed E-state index contributed by atoms with van der Waals surface area (Å²) in [7, 11) is 0. The molecule has 1 saturated heterocycles. The molecule has 0 radical (unpaired) electrons. The third-order valence-corrected chi connectivity index (χ3v) is 4.41. The lowest BCUT2D eigenvalue weighted by atomic mass is 9.76. The fraction of sp³-hybridized carbons (Fsp3) is 0.688. The number of ketones is 1. The van der Waals surface area contributed by atoms with E-state index < -0.39 is 0 Å². The summed E-state index contributed by atoms with van der Waals surface area (Å²) in [6.45, 7) is 8.27. The van der Waals surface area contributed by atoms with E-state index >= 15 is 0 Å². The van der Waals surface area contributed by atoms with Crippen molar-refractivity contribution in [2.45, 2.75) is 59.1 Å². The second kappa shape index (κ2) is 4.48. The molecule has 1 aromatic heterocycles. The van der Waals surface area contributed by atoms with Crippen LogP contribution in [0.2, 0.25) is 0 Å². The van der Waals surface area contributed by atoms with Crippen LogP contribution in [0.3, 0.4) is 0 Å². The molecular formula is C16H23NO2. The van der Waals surface area contributed by atoms with Crippen LogP contribution < -0.4 is 0 Å². The quantitative estimate of drug-likeness (QED) is 0.819. The van der Waals surface area contributed by atoms with E-state index in [1.807, 2.05) is 0 Å². The molecule has 0 N–H and O–H groups in total. The Bertz CT molecular complexity index is 507. The van der Waals surface area contributed by atoms with Crippen molar-refractivity contribution in [2.75, 3.05) is 6.61 Å². The maximum Gasteiger partial charge on any atom is 0.165 e. The molecule has 19 heavy (non-hydrogen) atoms. The van der Waals surface area contributed by atoms with E-state index in [4.69, 9.17) is 4.74 Å². The zero-order valence-corrected chi connectivity index (χ0v) is 12.2. The van der Waals surface area contributed by atoms with Crippen molar-refractivity contribution in [3.8, 4) is 0 Å². The van der Waals surface area contributed by atoms with Gasteiger partial charge in [-0.1, -0.05) is 13.8 Å². The monoisotopic (exact) mass is 261 g/mol. The summed E-state index contributed by atoms with van der Waals surface area (Å²) in [6.07, 6.45) is 4.30. The van der Waals surface area contributed by atoms with Gasteiger partial charge in [0, 0.05) is 36.5 Å². The number of Topliss-reactive ketones (excluding diaryl/α,β-unsaturated/α-hetero) is 1. The number of ether oxygens (including phenoxy) is 1. The molecule has 1 aromatic rings. The van der Waals surface area contributed by atoms with Crippen LogP contribution in [-0.2, 0) is 17.7 Å². The van der Waals surface area contributed by atoms with Gasteiger partial charge in [-0.3, -0.25) is 4.79 Å². The fourth-order valence-corrected chi connectivity index (χ4v) is 3.45. The Kier molecular flexibility index (Phi) is 3.05. The van der Waals surface area contributed by atoms with Crippen molar-refractivity contribution in [1.82, 2.24) is 4.57 Å². The van der Waals surface area contributed by atoms with Gasteiger partial charge in [-0.2, -0.15) is 0 Å². The van der Waals surface area contributed by atoms with Crippen LogP contribution in [0, 0.1) is 12.3 Å². The Morgan fingerprint density at radius 2 is 2.21 bits per heavy atom. The zero-order valence-electron chi connectivity index (χ0n) is 12.2. The molecule has 1 fully saturated rings. The number of aromatic nitrogens is 1. The summed E-state index contributed by atoms with van der Waals surface area (Å²) in [5.74, 6) is 0.306. The third kappa shape index (κ3) is 2.36. The van der Waals surface area contributed by atoms with Gasteiger partial charge < -0.3 is 9.30 Å². The lowest BCUT2D eigenvalue weighted by molar-refractivity contribution is 0.0885. The van der Waals surface area contributed by atoms with Gasteiger partial charge in [-0.05, 0) is 37.7 Å². The van der Waals surface area contributed by atoms with E-state index in [2.05, 4.69) is 31.4 Å². The molecule has 0 aromatic carbocycles. The van der Waals surface area contributed by atoms with Crippen LogP contribution in [-0.4, -0.2) is 23.1 Å². The number of hydrogen-bond donors (Lipinski definition) is 0. The van der Waals surface area contributed by atoms with Gasteiger partial charge in [0.2, 0.25) is 0 Å². The van der Waals surface area contributed by atoms with Crippen molar-refractivity contribution < 1.29 is 9.53 Å².